The van der Waals surface area contributed by atoms with E-state index in [1.807, 2.05) is 19.2 Å². The molecular weight excluding hydrogens is 402 g/mol. The van der Waals surface area contributed by atoms with Gasteiger partial charge in [-0.1, -0.05) is 19.4 Å². The quantitative estimate of drug-likeness (QED) is 0.410. The van der Waals surface area contributed by atoms with Crippen LogP contribution in [0.2, 0.25) is 0 Å². The van der Waals surface area contributed by atoms with Gasteiger partial charge in [0.25, 0.3) is 0 Å². The van der Waals surface area contributed by atoms with Crippen molar-refractivity contribution in [3.05, 3.63) is 36.5 Å². The Morgan fingerprint density at radius 3 is 2.81 bits per heavy atom. The maximum Gasteiger partial charge on any atom is 0.224 e. The zero-order valence-corrected chi connectivity index (χ0v) is 19.0. The van der Waals surface area contributed by atoms with Crippen LogP contribution in [-0.2, 0) is 0 Å². The number of benzene rings is 1. The summed E-state index contributed by atoms with van der Waals surface area (Å²) < 4.78 is 8.07. The summed E-state index contributed by atoms with van der Waals surface area (Å²) in [7, 11) is 0. The Morgan fingerprint density at radius 2 is 2.03 bits per heavy atom. The first-order valence-corrected chi connectivity index (χ1v) is 11.7. The number of anilines is 1. The number of fused-ring (bicyclic) bond motifs is 2. The van der Waals surface area contributed by atoms with Gasteiger partial charge >= 0.3 is 0 Å². The smallest absolute Gasteiger partial charge is 0.224 e. The number of rotatable bonds is 6. The topological polar surface area (TPSA) is 89.0 Å². The number of nitrogens with one attached hydrogen (secondary N) is 1. The van der Waals surface area contributed by atoms with Gasteiger partial charge in [0.15, 0.2) is 11.5 Å². The van der Waals surface area contributed by atoms with Gasteiger partial charge in [0.1, 0.15) is 11.2 Å². The highest BCUT2D eigenvalue weighted by Crippen LogP contribution is 2.37. The Labute approximate surface area is 187 Å². The average Bonchev–Trinajstić information content (AvgIpc) is 3.33. The van der Waals surface area contributed by atoms with Gasteiger partial charge in [-0.2, -0.15) is 4.98 Å². The van der Waals surface area contributed by atoms with Crippen LogP contribution >= 0.6 is 0 Å². The maximum atomic E-state index is 10.0. The van der Waals surface area contributed by atoms with Crippen molar-refractivity contribution in [3.8, 4) is 11.1 Å². The molecule has 3 heterocycles. The molecule has 5 rings (SSSR count). The molecule has 7 nitrogen and oxygen atoms in total. The monoisotopic (exact) mass is 433 g/mol. The third-order valence-electron chi connectivity index (χ3n) is 6.53. The lowest BCUT2D eigenvalue weighted by molar-refractivity contribution is 0.111. The average molecular weight is 434 g/mol. The molecule has 0 radical (unpaired) electrons. The summed E-state index contributed by atoms with van der Waals surface area (Å²) in [5.74, 6) is 1.34. The second kappa shape index (κ2) is 8.54. The van der Waals surface area contributed by atoms with Crippen LogP contribution in [0.3, 0.4) is 0 Å². The van der Waals surface area contributed by atoms with Crippen LogP contribution in [0, 0.1) is 6.92 Å². The second-order valence-electron chi connectivity index (χ2n) is 9.09. The van der Waals surface area contributed by atoms with Gasteiger partial charge in [0.2, 0.25) is 5.95 Å². The molecule has 4 aromatic rings. The van der Waals surface area contributed by atoms with Crippen molar-refractivity contribution in [2.24, 2.45) is 0 Å². The largest absolute Gasteiger partial charge is 0.441 e. The summed E-state index contributed by atoms with van der Waals surface area (Å²) in [5.41, 5.74) is 4.75. The van der Waals surface area contributed by atoms with Crippen molar-refractivity contribution in [1.82, 2.24) is 19.5 Å². The Balaban J connectivity index is 1.60. The minimum absolute atomic E-state index is 0.189. The minimum Gasteiger partial charge on any atom is -0.441 e. The zero-order chi connectivity index (χ0) is 22.2. The zero-order valence-electron chi connectivity index (χ0n) is 19.0. The van der Waals surface area contributed by atoms with Crippen molar-refractivity contribution in [3.63, 3.8) is 0 Å². The third-order valence-corrected chi connectivity index (χ3v) is 6.53. The van der Waals surface area contributed by atoms with Crippen molar-refractivity contribution >= 4 is 28.1 Å². The minimum atomic E-state index is -0.189. The molecule has 0 bridgehead atoms. The molecule has 32 heavy (non-hydrogen) atoms. The maximum absolute atomic E-state index is 10.0. The van der Waals surface area contributed by atoms with Gasteiger partial charge in [-0.3, -0.25) is 0 Å². The van der Waals surface area contributed by atoms with Crippen LogP contribution in [0.15, 0.2) is 35.0 Å². The first kappa shape index (κ1) is 20.9. The SMILES string of the molecule is CCC[C@H](C)Nc1ncc2c(-c3ccc4nc(C)oc4c3)cn(C3CCC(O)CC3)c2n1. The number of oxazole rings is 1. The Kier molecular flexibility index (Phi) is 5.59. The second-order valence-corrected chi connectivity index (χ2v) is 9.09. The lowest BCUT2D eigenvalue weighted by Gasteiger charge is -2.27. The molecule has 1 aliphatic carbocycles. The van der Waals surface area contributed by atoms with Gasteiger partial charge in [-0.25, -0.2) is 9.97 Å². The molecule has 0 unspecified atom stereocenters. The number of aliphatic hydroxyl groups is 1. The van der Waals surface area contributed by atoms with E-state index in [2.05, 4.69) is 52.0 Å². The van der Waals surface area contributed by atoms with Crippen LogP contribution in [0.5, 0.6) is 0 Å². The molecule has 3 aromatic heterocycles. The number of aryl methyl sites for hydroxylation is 1. The van der Waals surface area contributed by atoms with E-state index < -0.39 is 0 Å². The highest BCUT2D eigenvalue weighted by Gasteiger charge is 2.24. The van der Waals surface area contributed by atoms with E-state index in [1.54, 1.807) is 0 Å². The summed E-state index contributed by atoms with van der Waals surface area (Å²) in [6.45, 7) is 6.22. The van der Waals surface area contributed by atoms with E-state index in [0.717, 1.165) is 71.8 Å². The van der Waals surface area contributed by atoms with Crippen molar-refractivity contribution in [2.45, 2.75) is 77.5 Å². The van der Waals surface area contributed by atoms with Crippen molar-refractivity contribution in [2.75, 3.05) is 5.32 Å². The first-order chi connectivity index (χ1) is 15.5. The first-order valence-electron chi connectivity index (χ1n) is 11.7. The molecule has 1 fully saturated rings. The van der Waals surface area contributed by atoms with Crippen LogP contribution in [0.4, 0.5) is 5.95 Å². The van der Waals surface area contributed by atoms with Crippen LogP contribution in [-0.4, -0.2) is 36.8 Å². The molecule has 0 saturated heterocycles. The molecular formula is C25H31N5O2. The number of aromatic nitrogens is 4. The number of aliphatic hydroxyl groups excluding tert-OH is 1. The summed E-state index contributed by atoms with van der Waals surface area (Å²) in [5, 5.41) is 14.5. The number of nitrogens with zero attached hydrogens (tertiary/aromatic N) is 4. The Hall–Kier alpha value is -2.93. The fraction of sp³-hybridized carbons (Fsp3) is 0.480. The summed E-state index contributed by atoms with van der Waals surface area (Å²) in [4.78, 5) is 14.0. The Morgan fingerprint density at radius 1 is 1.22 bits per heavy atom. The van der Waals surface area contributed by atoms with Crippen molar-refractivity contribution in [1.29, 1.82) is 0 Å². The third kappa shape index (κ3) is 3.97. The van der Waals surface area contributed by atoms with E-state index in [-0.39, 0.29) is 6.10 Å². The normalized spacial score (nSPS) is 20.1. The molecule has 7 heteroatoms. The summed E-state index contributed by atoms with van der Waals surface area (Å²) in [6, 6.07) is 6.78. The van der Waals surface area contributed by atoms with Gasteiger partial charge in [-0.15, -0.1) is 0 Å². The fourth-order valence-corrected chi connectivity index (χ4v) is 4.88. The molecule has 0 spiro atoms. The molecule has 2 N–H and O–H groups in total. The van der Waals surface area contributed by atoms with E-state index >= 15 is 0 Å². The van der Waals surface area contributed by atoms with E-state index in [0.29, 0.717) is 23.9 Å². The van der Waals surface area contributed by atoms with Crippen molar-refractivity contribution < 1.29 is 9.52 Å². The lowest BCUT2D eigenvalue weighted by Crippen LogP contribution is -2.21. The summed E-state index contributed by atoms with van der Waals surface area (Å²) >= 11 is 0. The molecule has 1 aromatic carbocycles. The van der Waals surface area contributed by atoms with E-state index in [9.17, 15) is 5.11 Å². The number of hydrogen-bond donors (Lipinski definition) is 2. The molecule has 168 valence electrons. The van der Waals surface area contributed by atoms with Gasteiger partial charge in [0, 0.05) is 42.4 Å². The van der Waals surface area contributed by atoms with E-state index in [1.165, 1.54) is 0 Å². The standard InChI is InChI=1S/C25H31N5O2/c1-4-5-15(2)27-25-26-13-20-21(17-6-11-22-23(12-17)32-16(3)28-22)14-30(24(20)29-25)18-7-9-19(31)10-8-18/h6,11-15,18-19,31H,4-5,7-10H2,1-3H3,(H,26,27,29)/t15-,18?,19?/m0/s1. The molecule has 1 atom stereocenters. The summed E-state index contributed by atoms with van der Waals surface area (Å²) in [6.07, 6.45) is 9.68. The highest BCUT2D eigenvalue weighted by molar-refractivity contribution is 5.96. The predicted octanol–water partition coefficient (Wildman–Crippen LogP) is 5.62. The highest BCUT2D eigenvalue weighted by atomic mass is 16.3. The van der Waals surface area contributed by atoms with Gasteiger partial charge in [0.05, 0.1) is 6.10 Å². The molecule has 1 saturated carbocycles. The lowest BCUT2D eigenvalue weighted by atomic mass is 9.93. The van der Waals surface area contributed by atoms with E-state index in [4.69, 9.17) is 9.40 Å². The van der Waals surface area contributed by atoms with Gasteiger partial charge in [-0.05, 0) is 56.7 Å². The number of hydrogen-bond acceptors (Lipinski definition) is 6. The molecule has 1 aliphatic rings. The fourth-order valence-electron chi connectivity index (χ4n) is 4.88. The van der Waals surface area contributed by atoms with Gasteiger partial charge < -0.3 is 19.4 Å². The van der Waals surface area contributed by atoms with Crippen LogP contribution in [0.25, 0.3) is 33.3 Å². The Bertz CT molecular complexity index is 1240. The van der Waals surface area contributed by atoms with Crippen LogP contribution < -0.4 is 5.32 Å². The predicted molar refractivity (Wildman–Crippen MR) is 127 cm³/mol. The molecule has 0 aliphatic heterocycles. The van der Waals surface area contributed by atoms with Crippen LogP contribution in [0.1, 0.15) is 64.3 Å². The molecule has 0 amide bonds.